The summed E-state index contributed by atoms with van der Waals surface area (Å²) in [5.74, 6) is 0.444. The molecule has 1 heterocycles. The Morgan fingerprint density at radius 1 is 1.29 bits per heavy atom. The molecule has 0 atom stereocenters. The molecule has 0 radical (unpaired) electrons. The van der Waals surface area contributed by atoms with E-state index in [4.69, 9.17) is 10.2 Å². The lowest BCUT2D eigenvalue weighted by Gasteiger charge is -2.19. The number of rotatable bonds is 1. The van der Waals surface area contributed by atoms with Gasteiger partial charge < -0.3 is 10.2 Å². The van der Waals surface area contributed by atoms with Crippen molar-refractivity contribution >= 4 is 11.0 Å². The zero-order chi connectivity index (χ0) is 12.8. The average molecular weight is 235 g/mol. The first kappa shape index (κ1) is 12.1. The van der Waals surface area contributed by atoms with E-state index in [9.17, 15) is 4.39 Å². The Hall–Kier alpha value is -1.35. The second kappa shape index (κ2) is 3.84. The van der Waals surface area contributed by atoms with E-state index >= 15 is 0 Å². The number of hydrogen-bond donors (Lipinski definition) is 1. The topological polar surface area (TPSA) is 39.2 Å². The van der Waals surface area contributed by atoms with E-state index in [0.29, 0.717) is 23.3 Å². The molecule has 0 unspecified atom stereocenters. The Labute approximate surface area is 101 Å². The van der Waals surface area contributed by atoms with Crippen LogP contribution in [0.1, 0.15) is 37.7 Å². The molecular weight excluding hydrogens is 217 g/mol. The van der Waals surface area contributed by atoms with Gasteiger partial charge in [-0.25, -0.2) is 4.39 Å². The Morgan fingerprint density at radius 2 is 1.94 bits per heavy atom. The van der Waals surface area contributed by atoms with Crippen LogP contribution in [0.15, 0.2) is 16.5 Å². The molecule has 2 N–H and O–H groups in total. The van der Waals surface area contributed by atoms with Crippen molar-refractivity contribution in [1.29, 1.82) is 0 Å². The molecule has 0 fully saturated rings. The fourth-order valence-electron chi connectivity index (χ4n) is 2.28. The first-order chi connectivity index (χ1) is 7.86. The summed E-state index contributed by atoms with van der Waals surface area (Å²) in [6, 6.07) is 3.22. The number of aryl methyl sites for hydroxylation is 1. The maximum atomic E-state index is 14.0. The summed E-state index contributed by atoms with van der Waals surface area (Å²) in [7, 11) is 0. The number of halogens is 1. The van der Waals surface area contributed by atoms with Crippen LogP contribution in [0.25, 0.3) is 11.0 Å². The van der Waals surface area contributed by atoms with Gasteiger partial charge in [0.15, 0.2) is 0 Å². The van der Waals surface area contributed by atoms with Crippen molar-refractivity contribution < 1.29 is 8.81 Å². The third-order valence-electron chi connectivity index (χ3n) is 2.99. The number of hydrogen-bond acceptors (Lipinski definition) is 2. The monoisotopic (exact) mass is 235 g/mol. The van der Waals surface area contributed by atoms with E-state index in [-0.39, 0.29) is 11.2 Å². The van der Waals surface area contributed by atoms with Gasteiger partial charge in [-0.2, -0.15) is 0 Å². The predicted molar refractivity (Wildman–Crippen MR) is 67.5 cm³/mol. The van der Waals surface area contributed by atoms with Crippen molar-refractivity contribution in [2.24, 2.45) is 5.73 Å². The van der Waals surface area contributed by atoms with E-state index in [1.807, 2.05) is 27.7 Å². The van der Waals surface area contributed by atoms with Crippen LogP contribution in [0.4, 0.5) is 4.39 Å². The number of furan rings is 1. The van der Waals surface area contributed by atoms with Gasteiger partial charge in [0, 0.05) is 5.56 Å². The quantitative estimate of drug-likeness (QED) is 0.819. The summed E-state index contributed by atoms with van der Waals surface area (Å²) < 4.78 is 19.7. The second-order valence-corrected chi connectivity index (χ2v) is 5.42. The van der Waals surface area contributed by atoms with Gasteiger partial charge in [0.1, 0.15) is 17.2 Å². The van der Waals surface area contributed by atoms with Crippen molar-refractivity contribution in [3.63, 3.8) is 0 Å². The lowest BCUT2D eigenvalue weighted by atomic mass is 9.84. The highest BCUT2D eigenvalue weighted by Crippen LogP contribution is 2.37. The standard InChI is InChI=1S/C14H18FNO/c1-8-5-6-9(15)11-12(14(2,3)4)10(7-16)17-13(8)11/h5-6H,7,16H2,1-4H3. The molecule has 0 amide bonds. The second-order valence-electron chi connectivity index (χ2n) is 5.42. The molecule has 17 heavy (non-hydrogen) atoms. The zero-order valence-electron chi connectivity index (χ0n) is 10.7. The van der Waals surface area contributed by atoms with E-state index in [0.717, 1.165) is 11.1 Å². The minimum absolute atomic E-state index is 0.186. The van der Waals surface area contributed by atoms with Crippen molar-refractivity contribution in [1.82, 2.24) is 0 Å². The Kier molecular flexibility index (Phi) is 2.74. The van der Waals surface area contributed by atoms with Gasteiger partial charge >= 0.3 is 0 Å². The first-order valence-electron chi connectivity index (χ1n) is 5.77. The molecule has 1 aromatic heterocycles. The van der Waals surface area contributed by atoms with Crippen LogP contribution in [-0.4, -0.2) is 0 Å². The molecule has 2 nitrogen and oxygen atoms in total. The normalized spacial score (nSPS) is 12.4. The van der Waals surface area contributed by atoms with Crippen LogP contribution in [0.2, 0.25) is 0 Å². The molecule has 0 saturated carbocycles. The van der Waals surface area contributed by atoms with Crippen molar-refractivity contribution in [2.45, 2.75) is 39.7 Å². The highest BCUT2D eigenvalue weighted by molar-refractivity contribution is 5.86. The number of nitrogens with two attached hydrogens (primary N) is 1. The third-order valence-corrected chi connectivity index (χ3v) is 2.99. The molecular formula is C14H18FNO. The smallest absolute Gasteiger partial charge is 0.140 e. The van der Waals surface area contributed by atoms with E-state index < -0.39 is 0 Å². The third kappa shape index (κ3) is 1.84. The summed E-state index contributed by atoms with van der Waals surface area (Å²) in [5, 5.41) is 0.581. The van der Waals surface area contributed by atoms with E-state index in [1.165, 1.54) is 6.07 Å². The van der Waals surface area contributed by atoms with Gasteiger partial charge in [-0.05, 0) is 24.0 Å². The average Bonchev–Trinajstić information content (AvgIpc) is 2.63. The minimum atomic E-state index is -0.237. The molecule has 0 bridgehead atoms. The van der Waals surface area contributed by atoms with Crippen LogP contribution in [-0.2, 0) is 12.0 Å². The maximum Gasteiger partial charge on any atom is 0.140 e. The van der Waals surface area contributed by atoms with Gasteiger partial charge in [0.25, 0.3) is 0 Å². The molecule has 0 spiro atoms. The molecule has 1 aromatic carbocycles. The molecule has 2 aromatic rings. The van der Waals surface area contributed by atoms with Gasteiger partial charge in [0.05, 0.1) is 11.9 Å². The van der Waals surface area contributed by atoms with E-state index in [1.54, 1.807) is 6.07 Å². The fraction of sp³-hybridized carbons (Fsp3) is 0.429. The summed E-state index contributed by atoms with van der Waals surface area (Å²) >= 11 is 0. The first-order valence-corrected chi connectivity index (χ1v) is 5.77. The number of fused-ring (bicyclic) bond motifs is 1. The van der Waals surface area contributed by atoms with Crippen molar-refractivity contribution in [3.05, 3.63) is 34.8 Å². The largest absolute Gasteiger partial charge is 0.459 e. The molecule has 0 aliphatic rings. The molecule has 2 rings (SSSR count). The maximum absolute atomic E-state index is 14.0. The van der Waals surface area contributed by atoms with Crippen LogP contribution in [0.3, 0.4) is 0 Å². The van der Waals surface area contributed by atoms with E-state index in [2.05, 4.69) is 0 Å². The lowest BCUT2D eigenvalue weighted by Crippen LogP contribution is -2.14. The SMILES string of the molecule is Cc1ccc(F)c2c(C(C)(C)C)c(CN)oc12. The van der Waals surface area contributed by atoms with Crippen molar-refractivity contribution in [2.75, 3.05) is 0 Å². The zero-order valence-corrected chi connectivity index (χ0v) is 10.7. The summed E-state index contributed by atoms with van der Waals surface area (Å²) in [4.78, 5) is 0. The highest BCUT2D eigenvalue weighted by Gasteiger charge is 2.27. The Balaban J connectivity index is 2.93. The molecule has 92 valence electrons. The van der Waals surface area contributed by atoms with Gasteiger partial charge in [-0.3, -0.25) is 0 Å². The van der Waals surface area contributed by atoms with Gasteiger partial charge in [-0.1, -0.05) is 26.8 Å². The molecule has 0 aliphatic heterocycles. The minimum Gasteiger partial charge on any atom is -0.459 e. The molecule has 0 aliphatic carbocycles. The number of benzene rings is 1. The van der Waals surface area contributed by atoms with Crippen LogP contribution in [0, 0.1) is 12.7 Å². The molecule has 0 saturated heterocycles. The summed E-state index contributed by atoms with van der Waals surface area (Å²) in [5.41, 5.74) is 7.95. The van der Waals surface area contributed by atoms with Crippen LogP contribution >= 0.6 is 0 Å². The summed E-state index contributed by atoms with van der Waals surface area (Å²) in [6.07, 6.45) is 0. The van der Waals surface area contributed by atoms with Crippen molar-refractivity contribution in [3.8, 4) is 0 Å². The van der Waals surface area contributed by atoms with Crippen LogP contribution in [0.5, 0.6) is 0 Å². The van der Waals surface area contributed by atoms with Gasteiger partial charge in [-0.15, -0.1) is 0 Å². The Bertz CT molecular complexity index is 564. The van der Waals surface area contributed by atoms with Gasteiger partial charge in [0.2, 0.25) is 0 Å². The molecule has 3 heteroatoms. The van der Waals surface area contributed by atoms with Crippen LogP contribution < -0.4 is 5.73 Å². The Morgan fingerprint density at radius 3 is 2.47 bits per heavy atom. The lowest BCUT2D eigenvalue weighted by molar-refractivity contribution is 0.510. The fourth-order valence-corrected chi connectivity index (χ4v) is 2.28. The summed E-state index contributed by atoms with van der Waals surface area (Å²) in [6.45, 7) is 8.33. The predicted octanol–water partition coefficient (Wildman–Crippen LogP) is 3.64. The highest BCUT2D eigenvalue weighted by atomic mass is 19.1.